The van der Waals surface area contributed by atoms with Crippen LogP contribution in [0.1, 0.15) is 24.7 Å². The van der Waals surface area contributed by atoms with Gasteiger partial charge in [-0.05, 0) is 33.9 Å². The van der Waals surface area contributed by atoms with Crippen molar-refractivity contribution in [3.8, 4) is 0 Å². The van der Waals surface area contributed by atoms with Crippen LogP contribution in [0.25, 0.3) is 0 Å². The Kier molecular flexibility index (Phi) is 4.65. The van der Waals surface area contributed by atoms with Crippen LogP contribution in [0.4, 0.5) is 17.5 Å². The lowest BCUT2D eigenvalue weighted by Crippen LogP contribution is -2.35. The highest BCUT2D eigenvalue weighted by atomic mass is 79.9. The van der Waals surface area contributed by atoms with E-state index in [1.807, 2.05) is 14.1 Å². The Morgan fingerprint density at radius 1 is 1.50 bits per heavy atom. The zero-order valence-corrected chi connectivity index (χ0v) is 14.9. The maximum absolute atomic E-state index is 10.8. The van der Waals surface area contributed by atoms with E-state index in [0.29, 0.717) is 28.7 Å². The summed E-state index contributed by atoms with van der Waals surface area (Å²) in [5.41, 5.74) is -0.0355. The topological polar surface area (TPSA) is 101 Å². The van der Waals surface area contributed by atoms with E-state index in [4.69, 9.17) is 4.52 Å². The number of piperidine rings is 1. The highest BCUT2D eigenvalue weighted by Crippen LogP contribution is 2.33. The number of hydrogen-bond donors (Lipinski definition) is 0. The van der Waals surface area contributed by atoms with E-state index < -0.39 is 4.92 Å². The zero-order valence-electron chi connectivity index (χ0n) is 13.3. The molecule has 0 saturated carbocycles. The fraction of sp³-hybridized carbons (Fsp3) is 0.500. The van der Waals surface area contributed by atoms with Crippen LogP contribution in [0.15, 0.2) is 21.3 Å². The summed E-state index contributed by atoms with van der Waals surface area (Å²) in [7, 11) is 3.72. The summed E-state index contributed by atoms with van der Waals surface area (Å²) >= 11 is 3.38. The zero-order chi connectivity index (χ0) is 17.3. The van der Waals surface area contributed by atoms with E-state index in [-0.39, 0.29) is 11.6 Å². The van der Waals surface area contributed by atoms with Crippen molar-refractivity contribution < 1.29 is 9.45 Å². The summed E-state index contributed by atoms with van der Waals surface area (Å²) in [5.74, 6) is 1.97. The van der Waals surface area contributed by atoms with Crippen LogP contribution < -0.4 is 9.80 Å². The molecule has 1 atom stereocenters. The standard InChI is InChI=1S/C14H17BrN6O3/c1-19(2)14-17-13(24-18-14)9-4-3-5-20(8-9)12-11(15)6-10(7-16-12)21(22)23/h6-7,9H,3-5,8H2,1-2H3. The number of aromatic nitrogens is 3. The quantitative estimate of drug-likeness (QED) is 0.573. The second kappa shape index (κ2) is 6.71. The highest BCUT2D eigenvalue weighted by molar-refractivity contribution is 9.10. The molecule has 0 radical (unpaired) electrons. The monoisotopic (exact) mass is 396 g/mol. The Morgan fingerprint density at radius 3 is 2.92 bits per heavy atom. The molecule has 2 aromatic rings. The van der Waals surface area contributed by atoms with Crippen molar-refractivity contribution in [2.24, 2.45) is 0 Å². The summed E-state index contributed by atoms with van der Waals surface area (Å²) in [6.07, 6.45) is 3.19. The second-order valence-corrected chi connectivity index (χ2v) is 6.72. The highest BCUT2D eigenvalue weighted by Gasteiger charge is 2.28. The molecule has 2 aromatic heterocycles. The van der Waals surface area contributed by atoms with Crippen LogP contribution in [0.5, 0.6) is 0 Å². The second-order valence-electron chi connectivity index (χ2n) is 5.87. The normalized spacial score (nSPS) is 17.8. The summed E-state index contributed by atoms with van der Waals surface area (Å²) in [6.45, 7) is 1.51. The molecular weight excluding hydrogens is 380 g/mol. The van der Waals surface area contributed by atoms with Gasteiger partial charge in [-0.3, -0.25) is 10.1 Å². The molecule has 1 unspecified atom stereocenters. The third kappa shape index (κ3) is 3.32. The molecule has 0 aromatic carbocycles. The minimum absolute atomic E-state index is 0.0355. The Morgan fingerprint density at radius 2 is 2.29 bits per heavy atom. The molecule has 0 spiro atoms. The van der Waals surface area contributed by atoms with Gasteiger partial charge in [-0.1, -0.05) is 0 Å². The van der Waals surface area contributed by atoms with Crippen molar-refractivity contribution in [1.82, 2.24) is 15.1 Å². The van der Waals surface area contributed by atoms with Gasteiger partial charge in [0.2, 0.25) is 5.89 Å². The molecule has 10 heteroatoms. The molecule has 0 amide bonds. The van der Waals surface area contributed by atoms with E-state index in [1.54, 1.807) is 4.90 Å². The minimum Gasteiger partial charge on any atom is -0.355 e. The summed E-state index contributed by atoms with van der Waals surface area (Å²) in [5, 5.41) is 14.8. The van der Waals surface area contributed by atoms with Gasteiger partial charge in [-0.25, -0.2) is 4.98 Å². The number of hydrogen-bond acceptors (Lipinski definition) is 8. The fourth-order valence-corrected chi connectivity index (χ4v) is 3.29. The number of pyridine rings is 1. The lowest BCUT2D eigenvalue weighted by molar-refractivity contribution is -0.385. The van der Waals surface area contributed by atoms with Crippen molar-refractivity contribution in [2.75, 3.05) is 37.0 Å². The van der Waals surface area contributed by atoms with E-state index in [9.17, 15) is 10.1 Å². The first kappa shape index (κ1) is 16.6. The van der Waals surface area contributed by atoms with Crippen molar-refractivity contribution in [1.29, 1.82) is 0 Å². The van der Waals surface area contributed by atoms with Gasteiger partial charge in [-0.15, -0.1) is 0 Å². The average molecular weight is 397 g/mol. The number of nitro groups is 1. The van der Waals surface area contributed by atoms with Gasteiger partial charge in [0.05, 0.1) is 15.3 Å². The van der Waals surface area contributed by atoms with Crippen LogP contribution in [0.3, 0.4) is 0 Å². The Bertz CT molecular complexity index is 750. The lowest BCUT2D eigenvalue weighted by Gasteiger charge is -2.32. The first-order chi connectivity index (χ1) is 11.5. The molecule has 3 rings (SSSR count). The number of halogens is 1. The van der Waals surface area contributed by atoms with Gasteiger partial charge in [0.1, 0.15) is 12.0 Å². The molecule has 0 N–H and O–H groups in total. The van der Waals surface area contributed by atoms with E-state index >= 15 is 0 Å². The average Bonchev–Trinajstić information content (AvgIpc) is 3.05. The van der Waals surface area contributed by atoms with E-state index in [2.05, 4.69) is 36.0 Å². The Labute approximate surface area is 146 Å². The van der Waals surface area contributed by atoms with Gasteiger partial charge >= 0.3 is 0 Å². The maximum atomic E-state index is 10.8. The van der Waals surface area contributed by atoms with Crippen molar-refractivity contribution in [2.45, 2.75) is 18.8 Å². The molecule has 0 bridgehead atoms. The van der Waals surface area contributed by atoms with Crippen molar-refractivity contribution in [3.05, 3.63) is 32.7 Å². The molecular formula is C14H17BrN6O3. The maximum Gasteiger partial charge on any atom is 0.288 e. The van der Waals surface area contributed by atoms with E-state index in [1.165, 1.54) is 12.3 Å². The molecule has 1 fully saturated rings. The smallest absolute Gasteiger partial charge is 0.288 e. The summed E-state index contributed by atoms with van der Waals surface area (Å²) < 4.78 is 5.99. The molecule has 128 valence electrons. The third-order valence-corrected chi connectivity index (χ3v) is 4.50. The SMILES string of the molecule is CN(C)c1noc(C2CCCN(c3ncc([N+](=O)[O-])cc3Br)C2)n1. The molecule has 1 aliphatic heterocycles. The predicted molar refractivity (Wildman–Crippen MR) is 91.4 cm³/mol. The largest absolute Gasteiger partial charge is 0.355 e. The predicted octanol–water partition coefficient (Wildman–Crippen LogP) is 2.59. The van der Waals surface area contributed by atoms with Crippen LogP contribution in [0.2, 0.25) is 0 Å². The lowest BCUT2D eigenvalue weighted by atomic mass is 9.98. The molecule has 1 saturated heterocycles. The summed E-state index contributed by atoms with van der Waals surface area (Å²) in [6, 6.07) is 1.47. The van der Waals surface area contributed by atoms with Crippen LogP contribution in [0, 0.1) is 10.1 Å². The Hall–Kier alpha value is -2.23. The molecule has 0 aliphatic carbocycles. The van der Waals surface area contributed by atoms with Crippen molar-refractivity contribution in [3.63, 3.8) is 0 Å². The first-order valence-electron chi connectivity index (χ1n) is 7.51. The van der Waals surface area contributed by atoms with Crippen LogP contribution in [-0.2, 0) is 0 Å². The molecule has 1 aliphatic rings. The van der Waals surface area contributed by atoms with Gasteiger partial charge in [0.15, 0.2) is 0 Å². The van der Waals surface area contributed by atoms with E-state index in [0.717, 1.165) is 19.4 Å². The van der Waals surface area contributed by atoms with Gasteiger partial charge < -0.3 is 14.3 Å². The van der Waals surface area contributed by atoms with Crippen molar-refractivity contribution >= 4 is 33.4 Å². The first-order valence-corrected chi connectivity index (χ1v) is 8.31. The number of anilines is 2. The van der Waals surface area contributed by atoms with Gasteiger partial charge in [0.25, 0.3) is 11.6 Å². The van der Waals surface area contributed by atoms with Gasteiger partial charge in [0, 0.05) is 33.3 Å². The van der Waals surface area contributed by atoms with Crippen LogP contribution >= 0.6 is 15.9 Å². The molecule has 3 heterocycles. The Balaban J connectivity index is 1.79. The van der Waals surface area contributed by atoms with Gasteiger partial charge in [-0.2, -0.15) is 4.98 Å². The molecule has 9 nitrogen and oxygen atoms in total. The minimum atomic E-state index is -0.457. The fourth-order valence-electron chi connectivity index (χ4n) is 2.70. The summed E-state index contributed by atoms with van der Waals surface area (Å²) in [4.78, 5) is 22.9. The molecule has 24 heavy (non-hydrogen) atoms. The number of nitrogens with zero attached hydrogens (tertiary/aromatic N) is 6. The van der Waals surface area contributed by atoms with Crippen LogP contribution in [-0.4, -0.2) is 47.2 Å². The number of rotatable bonds is 4. The third-order valence-electron chi connectivity index (χ3n) is 3.92.